The molecule has 2 N–H and O–H groups in total. The van der Waals surface area contributed by atoms with Crippen molar-refractivity contribution in [3.63, 3.8) is 0 Å². The van der Waals surface area contributed by atoms with E-state index in [9.17, 15) is 13.2 Å². The highest BCUT2D eigenvalue weighted by molar-refractivity contribution is 5.36. The minimum atomic E-state index is -4.24. The first-order valence-corrected chi connectivity index (χ1v) is 4.76. The zero-order chi connectivity index (χ0) is 12.2. The molecule has 0 fully saturated rings. The second-order valence-electron chi connectivity index (χ2n) is 3.58. The molecule has 0 atom stereocenters. The Hall–Kier alpha value is -1.37. The lowest BCUT2D eigenvalue weighted by molar-refractivity contribution is -0.123. The van der Waals surface area contributed by atoms with E-state index in [0.29, 0.717) is 11.5 Å². The van der Waals surface area contributed by atoms with Crippen LogP contribution < -0.4 is 10.9 Å². The van der Waals surface area contributed by atoms with Gasteiger partial charge in [0, 0.05) is 5.92 Å². The molecule has 0 unspecified atom stereocenters. The maximum Gasteiger partial charge on any atom is 0.402 e. The van der Waals surface area contributed by atoms with E-state index in [-0.39, 0.29) is 5.92 Å². The van der Waals surface area contributed by atoms with Gasteiger partial charge in [-0.15, -0.1) is 0 Å². The Morgan fingerprint density at radius 3 is 2.25 bits per heavy atom. The van der Waals surface area contributed by atoms with Crippen molar-refractivity contribution in [1.29, 1.82) is 0 Å². The molecule has 1 heterocycles. The molecule has 0 aromatic carbocycles. The minimum absolute atomic E-state index is 0.192. The quantitative estimate of drug-likeness (QED) is 0.783. The molecule has 1 aromatic heterocycles. The van der Waals surface area contributed by atoms with Crippen molar-refractivity contribution in [2.75, 3.05) is 12.0 Å². The molecule has 0 radical (unpaired) electrons. The van der Waals surface area contributed by atoms with Crippen molar-refractivity contribution in [1.82, 2.24) is 15.4 Å². The first-order valence-electron chi connectivity index (χ1n) is 4.76. The van der Waals surface area contributed by atoms with Crippen molar-refractivity contribution in [2.45, 2.75) is 25.9 Å². The number of rotatable bonds is 4. The number of nitrogens with zero attached hydrogens (tertiary/aromatic N) is 2. The van der Waals surface area contributed by atoms with Gasteiger partial charge < -0.3 is 5.43 Å². The van der Waals surface area contributed by atoms with E-state index in [4.69, 9.17) is 0 Å². The minimum Gasteiger partial charge on any atom is -0.318 e. The largest absolute Gasteiger partial charge is 0.402 e. The molecular weight excluding hydrogens is 221 g/mol. The number of hydrazine groups is 1. The van der Waals surface area contributed by atoms with Crippen LogP contribution in [-0.2, 0) is 0 Å². The number of hydrogen-bond acceptors (Lipinski definition) is 4. The second-order valence-corrected chi connectivity index (χ2v) is 3.58. The summed E-state index contributed by atoms with van der Waals surface area (Å²) in [6.07, 6.45) is -1.37. The maximum absolute atomic E-state index is 11.8. The molecule has 16 heavy (non-hydrogen) atoms. The molecule has 0 bridgehead atoms. The molecular formula is C9H13F3N4. The monoisotopic (exact) mass is 234 g/mol. The van der Waals surface area contributed by atoms with Crippen LogP contribution in [0.2, 0.25) is 0 Å². The van der Waals surface area contributed by atoms with E-state index in [1.165, 1.54) is 12.4 Å². The zero-order valence-corrected chi connectivity index (χ0v) is 8.97. The molecule has 1 aromatic rings. The topological polar surface area (TPSA) is 49.8 Å². The average molecular weight is 234 g/mol. The summed E-state index contributed by atoms with van der Waals surface area (Å²) < 4.78 is 35.4. The van der Waals surface area contributed by atoms with Crippen LogP contribution in [0.4, 0.5) is 18.9 Å². The third-order valence-electron chi connectivity index (χ3n) is 1.71. The summed E-state index contributed by atoms with van der Waals surface area (Å²) in [5, 5.41) is 0. The van der Waals surface area contributed by atoms with Crippen molar-refractivity contribution in [2.24, 2.45) is 0 Å². The summed E-state index contributed by atoms with van der Waals surface area (Å²) in [5.41, 5.74) is 4.80. The Morgan fingerprint density at radius 2 is 1.81 bits per heavy atom. The summed E-state index contributed by atoms with van der Waals surface area (Å²) in [5.74, 6) is 0.846. The number of hydrogen-bond donors (Lipinski definition) is 2. The van der Waals surface area contributed by atoms with Crippen molar-refractivity contribution >= 4 is 5.69 Å². The fourth-order valence-corrected chi connectivity index (χ4v) is 0.947. The molecule has 0 aliphatic carbocycles. The summed E-state index contributed by atoms with van der Waals surface area (Å²) >= 11 is 0. The van der Waals surface area contributed by atoms with Gasteiger partial charge in [0.05, 0.1) is 18.1 Å². The van der Waals surface area contributed by atoms with Crippen LogP contribution in [0.15, 0.2) is 12.4 Å². The second kappa shape index (κ2) is 5.11. The molecule has 90 valence electrons. The summed E-state index contributed by atoms with van der Waals surface area (Å²) in [6, 6.07) is 0. The van der Waals surface area contributed by atoms with Crippen molar-refractivity contribution in [3.8, 4) is 0 Å². The van der Waals surface area contributed by atoms with Gasteiger partial charge in [0.2, 0.25) is 0 Å². The van der Waals surface area contributed by atoms with Crippen molar-refractivity contribution in [3.05, 3.63) is 18.2 Å². The lowest BCUT2D eigenvalue weighted by Gasteiger charge is -2.10. The highest BCUT2D eigenvalue weighted by atomic mass is 19.4. The fraction of sp³-hybridized carbons (Fsp3) is 0.556. The van der Waals surface area contributed by atoms with Crippen molar-refractivity contribution < 1.29 is 13.2 Å². The predicted molar refractivity (Wildman–Crippen MR) is 53.8 cm³/mol. The van der Waals surface area contributed by atoms with E-state index in [0.717, 1.165) is 0 Å². The highest BCUT2D eigenvalue weighted by Crippen LogP contribution is 2.13. The first kappa shape index (κ1) is 12.7. The molecule has 4 nitrogen and oxygen atoms in total. The molecule has 1 rings (SSSR count). The lowest BCUT2D eigenvalue weighted by Crippen LogP contribution is -2.33. The van der Waals surface area contributed by atoms with Gasteiger partial charge in [-0.2, -0.15) is 13.2 Å². The predicted octanol–water partition coefficient (Wildman–Crippen LogP) is 2.08. The molecule has 0 saturated carbocycles. The fourth-order valence-electron chi connectivity index (χ4n) is 0.947. The van der Waals surface area contributed by atoms with Gasteiger partial charge in [0.25, 0.3) is 0 Å². The normalized spacial score (nSPS) is 11.9. The van der Waals surface area contributed by atoms with E-state index in [1.54, 1.807) is 0 Å². The Bertz CT molecular complexity index is 321. The van der Waals surface area contributed by atoms with Crippen LogP contribution in [0.3, 0.4) is 0 Å². The third kappa shape index (κ3) is 4.43. The SMILES string of the molecule is CC(C)c1ncc(NNCC(F)(F)F)cn1. The smallest absolute Gasteiger partial charge is 0.318 e. The summed E-state index contributed by atoms with van der Waals surface area (Å²) in [6.45, 7) is 2.76. The van der Waals surface area contributed by atoms with Gasteiger partial charge in [-0.3, -0.25) is 0 Å². The third-order valence-corrected chi connectivity index (χ3v) is 1.71. The van der Waals surface area contributed by atoms with E-state index >= 15 is 0 Å². The molecule has 7 heteroatoms. The van der Waals surface area contributed by atoms with Gasteiger partial charge in [-0.05, 0) is 0 Å². The van der Waals surface area contributed by atoms with Gasteiger partial charge in [0.1, 0.15) is 12.4 Å². The standard InChI is InChI=1S/C9H13F3N4/c1-6(2)8-13-3-7(4-14-8)16-15-5-9(10,11)12/h3-4,6,15-16H,5H2,1-2H3. The van der Waals surface area contributed by atoms with Gasteiger partial charge in [0.15, 0.2) is 0 Å². The van der Waals surface area contributed by atoms with Crippen LogP contribution in [0.5, 0.6) is 0 Å². The Balaban J connectivity index is 2.44. The molecule has 0 spiro atoms. The zero-order valence-electron chi connectivity index (χ0n) is 8.97. The molecule has 0 amide bonds. The van der Waals surface area contributed by atoms with E-state index < -0.39 is 12.7 Å². The van der Waals surface area contributed by atoms with E-state index in [1.807, 2.05) is 19.3 Å². The lowest BCUT2D eigenvalue weighted by atomic mass is 10.2. The summed E-state index contributed by atoms with van der Waals surface area (Å²) in [4.78, 5) is 8.00. The first-order chi connectivity index (χ1) is 7.38. The van der Waals surface area contributed by atoms with Gasteiger partial charge in [-0.1, -0.05) is 13.8 Å². The molecule has 0 saturated heterocycles. The van der Waals surface area contributed by atoms with Crippen LogP contribution in [-0.4, -0.2) is 22.7 Å². The van der Waals surface area contributed by atoms with Gasteiger partial charge in [-0.25, -0.2) is 15.4 Å². The number of halogens is 3. The highest BCUT2D eigenvalue weighted by Gasteiger charge is 2.26. The van der Waals surface area contributed by atoms with E-state index in [2.05, 4.69) is 15.4 Å². The number of alkyl halides is 3. The molecule has 0 aliphatic heterocycles. The number of nitrogens with one attached hydrogen (secondary N) is 2. The van der Waals surface area contributed by atoms with Crippen LogP contribution in [0.1, 0.15) is 25.6 Å². The van der Waals surface area contributed by atoms with Crippen LogP contribution >= 0.6 is 0 Å². The number of anilines is 1. The Labute approximate surface area is 91.3 Å². The maximum atomic E-state index is 11.8. The number of aromatic nitrogens is 2. The average Bonchev–Trinajstić information content (AvgIpc) is 2.16. The van der Waals surface area contributed by atoms with Gasteiger partial charge >= 0.3 is 6.18 Å². The van der Waals surface area contributed by atoms with Crippen LogP contribution in [0.25, 0.3) is 0 Å². The summed E-state index contributed by atoms with van der Waals surface area (Å²) in [7, 11) is 0. The molecule has 0 aliphatic rings. The Kier molecular flexibility index (Phi) is 4.05. The van der Waals surface area contributed by atoms with Crippen LogP contribution in [0, 0.1) is 0 Å². The Morgan fingerprint density at radius 1 is 1.25 bits per heavy atom.